The Bertz CT molecular complexity index is 517. The maximum atomic E-state index is 11.2. The summed E-state index contributed by atoms with van der Waals surface area (Å²) in [5.74, 6) is 0.285. The lowest BCUT2D eigenvalue weighted by Crippen LogP contribution is -2.36. The monoisotopic (exact) mass is 298 g/mol. The molecule has 6 nitrogen and oxygen atoms in total. The van der Waals surface area contributed by atoms with Crippen molar-refractivity contribution in [2.75, 3.05) is 23.9 Å². The third kappa shape index (κ3) is 4.50. The SMILES string of the molecule is CSCC(C)(O)CNc1ccc(C(C)=O)cc1[N+](=O)[O-]. The first-order chi connectivity index (χ1) is 9.26. The van der Waals surface area contributed by atoms with Crippen molar-refractivity contribution in [3.63, 3.8) is 0 Å². The summed E-state index contributed by atoms with van der Waals surface area (Å²) in [6, 6.07) is 4.26. The summed E-state index contributed by atoms with van der Waals surface area (Å²) >= 11 is 1.49. The summed E-state index contributed by atoms with van der Waals surface area (Å²) in [5.41, 5.74) is -0.552. The number of ketones is 1. The van der Waals surface area contributed by atoms with Gasteiger partial charge in [0, 0.05) is 23.9 Å². The van der Waals surface area contributed by atoms with Gasteiger partial charge in [-0.25, -0.2) is 0 Å². The fraction of sp³-hybridized carbons (Fsp3) is 0.462. The third-order valence-electron chi connectivity index (χ3n) is 2.72. The number of benzene rings is 1. The van der Waals surface area contributed by atoms with Crippen LogP contribution in [0, 0.1) is 10.1 Å². The Balaban J connectivity index is 2.95. The highest BCUT2D eigenvalue weighted by atomic mass is 32.2. The van der Waals surface area contributed by atoms with Crippen molar-refractivity contribution in [3.8, 4) is 0 Å². The number of rotatable bonds is 7. The number of carbonyl (C=O) groups is 1. The van der Waals surface area contributed by atoms with Crippen molar-refractivity contribution in [1.29, 1.82) is 0 Å². The lowest BCUT2D eigenvalue weighted by atomic mass is 10.1. The van der Waals surface area contributed by atoms with E-state index in [4.69, 9.17) is 0 Å². The molecule has 0 saturated carbocycles. The van der Waals surface area contributed by atoms with Gasteiger partial charge in [-0.3, -0.25) is 14.9 Å². The molecule has 0 amide bonds. The second-order valence-electron chi connectivity index (χ2n) is 4.83. The molecular weight excluding hydrogens is 280 g/mol. The third-order valence-corrected chi connectivity index (χ3v) is 3.63. The molecule has 0 fully saturated rings. The Kier molecular flexibility index (Phi) is 5.52. The topological polar surface area (TPSA) is 92.5 Å². The summed E-state index contributed by atoms with van der Waals surface area (Å²) in [7, 11) is 0. The van der Waals surface area contributed by atoms with Crippen LogP contribution in [0.4, 0.5) is 11.4 Å². The number of nitro benzene ring substituents is 1. The first-order valence-electron chi connectivity index (χ1n) is 6.01. The maximum Gasteiger partial charge on any atom is 0.293 e. The molecule has 0 bridgehead atoms. The first kappa shape index (κ1) is 16.5. The Hall–Kier alpha value is -1.60. The van der Waals surface area contributed by atoms with Crippen molar-refractivity contribution < 1.29 is 14.8 Å². The van der Waals surface area contributed by atoms with Crippen LogP contribution in [0.15, 0.2) is 18.2 Å². The predicted octanol–water partition coefficient (Wildman–Crippen LogP) is 2.32. The summed E-state index contributed by atoms with van der Waals surface area (Å²) in [6.45, 7) is 3.20. The molecule has 1 unspecified atom stereocenters. The Morgan fingerprint density at radius 1 is 1.55 bits per heavy atom. The highest BCUT2D eigenvalue weighted by molar-refractivity contribution is 7.98. The standard InChI is InChI=1S/C13H18N2O4S/c1-9(16)10-4-5-11(12(6-10)15(18)19)14-7-13(2,17)8-20-3/h4-6,14,17H,7-8H2,1-3H3. The van der Waals surface area contributed by atoms with Gasteiger partial charge >= 0.3 is 0 Å². The van der Waals surface area contributed by atoms with Crippen molar-refractivity contribution in [2.45, 2.75) is 19.4 Å². The molecule has 0 aliphatic heterocycles. The van der Waals surface area contributed by atoms with Gasteiger partial charge in [-0.15, -0.1) is 0 Å². The second kappa shape index (κ2) is 6.71. The molecule has 0 aromatic heterocycles. The van der Waals surface area contributed by atoms with Gasteiger partial charge in [-0.2, -0.15) is 11.8 Å². The number of anilines is 1. The lowest BCUT2D eigenvalue weighted by molar-refractivity contribution is -0.384. The zero-order chi connectivity index (χ0) is 15.3. The van der Waals surface area contributed by atoms with E-state index in [2.05, 4.69) is 5.32 Å². The van der Waals surface area contributed by atoms with Crippen LogP contribution in [0.5, 0.6) is 0 Å². The van der Waals surface area contributed by atoms with E-state index >= 15 is 0 Å². The zero-order valence-corrected chi connectivity index (χ0v) is 12.5. The molecule has 0 radical (unpaired) electrons. The molecule has 110 valence electrons. The quantitative estimate of drug-likeness (QED) is 0.456. The van der Waals surface area contributed by atoms with E-state index in [1.807, 2.05) is 6.26 Å². The van der Waals surface area contributed by atoms with Gasteiger partial charge in [0.25, 0.3) is 5.69 Å². The molecule has 0 heterocycles. The van der Waals surface area contributed by atoms with Crippen LogP contribution in [-0.2, 0) is 0 Å². The first-order valence-corrected chi connectivity index (χ1v) is 7.41. The van der Waals surface area contributed by atoms with Gasteiger partial charge in [0.05, 0.1) is 10.5 Å². The van der Waals surface area contributed by atoms with Crippen molar-refractivity contribution >= 4 is 28.9 Å². The van der Waals surface area contributed by atoms with E-state index in [0.29, 0.717) is 11.4 Å². The van der Waals surface area contributed by atoms with Crippen molar-refractivity contribution in [1.82, 2.24) is 0 Å². The normalized spacial score (nSPS) is 13.6. The minimum absolute atomic E-state index is 0.169. The largest absolute Gasteiger partial charge is 0.387 e. The van der Waals surface area contributed by atoms with E-state index in [1.54, 1.807) is 6.92 Å². The lowest BCUT2D eigenvalue weighted by Gasteiger charge is -2.23. The molecule has 1 atom stereocenters. The fourth-order valence-corrected chi connectivity index (χ4v) is 2.42. The Labute approximate surface area is 121 Å². The van der Waals surface area contributed by atoms with Gasteiger partial charge in [0.15, 0.2) is 5.78 Å². The summed E-state index contributed by atoms with van der Waals surface area (Å²) in [5, 5.41) is 23.9. The molecule has 0 aliphatic rings. The van der Waals surface area contributed by atoms with E-state index in [0.717, 1.165) is 0 Å². The van der Waals surface area contributed by atoms with Crippen LogP contribution >= 0.6 is 11.8 Å². The van der Waals surface area contributed by atoms with Gasteiger partial charge < -0.3 is 10.4 Å². The second-order valence-corrected chi connectivity index (χ2v) is 5.69. The molecule has 7 heteroatoms. The van der Waals surface area contributed by atoms with Crippen molar-refractivity contribution in [3.05, 3.63) is 33.9 Å². The number of hydrogen-bond donors (Lipinski definition) is 2. The number of Topliss-reactive ketones (excluding diaryl/α,β-unsaturated/α-hetero) is 1. The molecule has 2 N–H and O–H groups in total. The van der Waals surface area contributed by atoms with E-state index in [9.17, 15) is 20.0 Å². The summed E-state index contributed by atoms with van der Waals surface area (Å²) in [4.78, 5) is 21.7. The zero-order valence-electron chi connectivity index (χ0n) is 11.7. The van der Waals surface area contributed by atoms with E-state index in [1.165, 1.54) is 36.9 Å². The molecule has 1 aromatic carbocycles. The number of nitrogens with zero attached hydrogens (tertiary/aromatic N) is 1. The molecule has 1 rings (SSSR count). The molecular formula is C13H18N2O4S. The number of aliphatic hydroxyl groups is 1. The van der Waals surface area contributed by atoms with Gasteiger partial charge in [-0.05, 0) is 32.2 Å². The number of nitrogens with one attached hydrogen (secondary N) is 1. The van der Waals surface area contributed by atoms with Crippen LogP contribution in [0.3, 0.4) is 0 Å². The highest BCUT2D eigenvalue weighted by Gasteiger charge is 2.22. The average Bonchev–Trinajstić information content (AvgIpc) is 2.36. The van der Waals surface area contributed by atoms with Crippen LogP contribution in [0.25, 0.3) is 0 Å². The average molecular weight is 298 g/mol. The van der Waals surface area contributed by atoms with E-state index < -0.39 is 10.5 Å². The molecule has 20 heavy (non-hydrogen) atoms. The molecule has 0 aliphatic carbocycles. The predicted molar refractivity (Wildman–Crippen MR) is 80.6 cm³/mol. The number of thioether (sulfide) groups is 1. The minimum atomic E-state index is -0.966. The summed E-state index contributed by atoms with van der Waals surface area (Å²) < 4.78 is 0. The number of nitro groups is 1. The van der Waals surface area contributed by atoms with Gasteiger partial charge in [0.1, 0.15) is 5.69 Å². The Morgan fingerprint density at radius 3 is 2.70 bits per heavy atom. The number of carbonyl (C=O) groups excluding carboxylic acids is 1. The Morgan fingerprint density at radius 2 is 2.20 bits per heavy atom. The van der Waals surface area contributed by atoms with Crippen LogP contribution in [0.2, 0.25) is 0 Å². The van der Waals surface area contributed by atoms with Crippen molar-refractivity contribution in [2.24, 2.45) is 0 Å². The molecule has 1 aromatic rings. The highest BCUT2D eigenvalue weighted by Crippen LogP contribution is 2.26. The number of hydrogen-bond acceptors (Lipinski definition) is 6. The fourth-order valence-electron chi connectivity index (χ4n) is 1.70. The van der Waals surface area contributed by atoms with Gasteiger partial charge in [0.2, 0.25) is 0 Å². The van der Waals surface area contributed by atoms with Gasteiger partial charge in [-0.1, -0.05) is 0 Å². The van der Waals surface area contributed by atoms with Crippen LogP contribution < -0.4 is 5.32 Å². The van der Waals surface area contributed by atoms with Crippen LogP contribution in [-0.4, -0.2) is 40.0 Å². The minimum Gasteiger partial charge on any atom is -0.387 e. The van der Waals surface area contributed by atoms with Crippen LogP contribution in [0.1, 0.15) is 24.2 Å². The smallest absolute Gasteiger partial charge is 0.293 e. The molecule has 0 saturated heterocycles. The van der Waals surface area contributed by atoms with E-state index in [-0.39, 0.29) is 23.6 Å². The summed E-state index contributed by atoms with van der Waals surface area (Å²) in [6.07, 6.45) is 1.87. The maximum absolute atomic E-state index is 11.2. The molecule has 0 spiro atoms.